The third-order valence-electron chi connectivity index (χ3n) is 2.88. The number of benzene rings is 1. The zero-order valence-corrected chi connectivity index (χ0v) is 11.9. The lowest BCUT2D eigenvalue weighted by Crippen LogP contribution is -2.28. The van der Waals surface area contributed by atoms with Gasteiger partial charge in [-0.15, -0.1) is 0 Å². The summed E-state index contributed by atoms with van der Waals surface area (Å²) in [7, 11) is 0. The van der Waals surface area contributed by atoms with Crippen molar-refractivity contribution in [3.05, 3.63) is 28.9 Å². The number of H-pyrrole nitrogens is 1. The van der Waals surface area contributed by atoms with Crippen LogP contribution < -0.4 is 5.32 Å². The highest BCUT2D eigenvalue weighted by Crippen LogP contribution is 2.24. The van der Waals surface area contributed by atoms with Gasteiger partial charge in [0.25, 0.3) is 0 Å². The van der Waals surface area contributed by atoms with Crippen LogP contribution in [0.4, 0.5) is 0 Å². The number of rotatable bonds is 4. The van der Waals surface area contributed by atoms with E-state index in [1.54, 1.807) is 0 Å². The minimum Gasteiger partial charge on any atom is -0.316 e. The summed E-state index contributed by atoms with van der Waals surface area (Å²) in [5, 5.41) is 12.3. The van der Waals surface area contributed by atoms with E-state index in [0.717, 1.165) is 35.4 Å². The summed E-state index contributed by atoms with van der Waals surface area (Å²) in [5.74, 6) is 0. The summed E-state index contributed by atoms with van der Waals surface area (Å²) >= 11 is 6.10. The summed E-state index contributed by atoms with van der Waals surface area (Å²) in [6.45, 7) is 8.69. The largest absolute Gasteiger partial charge is 0.316 e. The fraction of sp³-hybridized carbons (Fsp3) is 0.500. The zero-order valence-electron chi connectivity index (χ0n) is 11.2. The van der Waals surface area contributed by atoms with Gasteiger partial charge in [-0.2, -0.15) is 5.10 Å². The Morgan fingerprint density at radius 2 is 2.11 bits per heavy atom. The molecule has 0 atom stereocenters. The molecule has 0 radical (unpaired) electrons. The molecule has 0 spiro atoms. The summed E-state index contributed by atoms with van der Waals surface area (Å²) in [5.41, 5.74) is 2.54. The average molecular weight is 266 g/mol. The SMILES string of the molecule is CC(C)(C)CNCCc1ccc(Cl)c2[nH]ncc12. The van der Waals surface area contributed by atoms with Crippen LogP contribution in [0, 0.1) is 5.41 Å². The third kappa shape index (κ3) is 3.24. The van der Waals surface area contributed by atoms with Crippen LogP contribution in [0.2, 0.25) is 5.02 Å². The first kappa shape index (κ1) is 13.4. The number of aromatic nitrogens is 2. The van der Waals surface area contributed by atoms with Crippen molar-refractivity contribution in [2.45, 2.75) is 27.2 Å². The molecule has 0 fully saturated rings. The van der Waals surface area contributed by atoms with Crippen molar-refractivity contribution in [3.63, 3.8) is 0 Å². The molecular weight excluding hydrogens is 246 g/mol. The van der Waals surface area contributed by atoms with Gasteiger partial charge in [0, 0.05) is 11.9 Å². The van der Waals surface area contributed by atoms with Gasteiger partial charge >= 0.3 is 0 Å². The summed E-state index contributed by atoms with van der Waals surface area (Å²) < 4.78 is 0. The van der Waals surface area contributed by atoms with Crippen LogP contribution in [0.15, 0.2) is 18.3 Å². The van der Waals surface area contributed by atoms with Crippen molar-refractivity contribution in [2.24, 2.45) is 5.41 Å². The predicted molar refractivity (Wildman–Crippen MR) is 77.1 cm³/mol. The summed E-state index contributed by atoms with van der Waals surface area (Å²) in [6.07, 6.45) is 2.84. The van der Waals surface area contributed by atoms with Crippen molar-refractivity contribution in [1.29, 1.82) is 0 Å². The number of halogens is 1. The molecule has 2 aromatic rings. The van der Waals surface area contributed by atoms with Gasteiger partial charge in [-0.25, -0.2) is 0 Å². The highest BCUT2D eigenvalue weighted by atomic mass is 35.5. The quantitative estimate of drug-likeness (QED) is 0.832. The molecule has 1 aromatic carbocycles. The van der Waals surface area contributed by atoms with E-state index < -0.39 is 0 Å². The Balaban J connectivity index is 2.00. The first-order valence-corrected chi connectivity index (χ1v) is 6.66. The van der Waals surface area contributed by atoms with Gasteiger partial charge in [-0.05, 0) is 30.0 Å². The smallest absolute Gasteiger partial charge is 0.0839 e. The second-order valence-corrected chi connectivity index (χ2v) is 6.26. The Labute approximate surface area is 113 Å². The van der Waals surface area contributed by atoms with E-state index in [4.69, 9.17) is 11.6 Å². The second kappa shape index (κ2) is 5.29. The Morgan fingerprint density at radius 3 is 2.83 bits per heavy atom. The molecule has 18 heavy (non-hydrogen) atoms. The number of hydrogen-bond acceptors (Lipinski definition) is 2. The first-order chi connectivity index (χ1) is 8.47. The Kier molecular flexibility index (Phi) is 3.93. The molecule has 0 saturated heterocycles. The first-order valence-electron chi connectivity index (χ1n) is 6.28. The van der Waals surface area contributed by atoms with Crippen molar-refractivity contribution < 1.29 is 0 Å². The Hall–Kier alpha value is -1.06. The maximum atomic E-state index is 6.10. The van der Waals surface area contributed by atoms with Gasteiger partial charge < -0.3 is 5.32 Å². The third-order valence-corrected chi connectivity index (χ3v) is 3.20. The lowest BCUT2D eigenvalue weighted by Gasteiger charge is -2.18. The fourth-order valence-electron chi connectivity index (χ4n) is 1.96. The van der Waals surface area contributed by atoms with Gasteiger partial charge in [0.1, 0.15) is 0 Å². The molecule has 98 valence electrons. The Morgan fingerprint density at radius 1 is 1.33 bits per heavy atom. The zero-order chi connectivity index (χ0) is 13.2. The molecule has 0 amide bonds. The van der Waals surface area contributed by atoms with E-state index >= 15 is 0 Å². The topological polar surface area (TPSA) is 40.7 Å². The van der Waals surface area contributed by atoms with Crippen molar-refractivity contribution >= 4 is 22.5 Å². The number of nitrogens with one attached hydrogen (secondary N) is 2. The normalized spacial score (nSPS) is 12.2. The predicted octanol–water partition coefficient (Wildman–Crippen LogP) is 3.39. The molecule has 4 heteroatoms. The van der Waals surface area contributed by atoms with Crippen LogP contribution in [0.5, 0.6) is 0 Å². The molecule has 2 N–H and O–H groups in total. The van der Waals surface area contributed by atoms with E-state index in [-0.39, 0.29) is 0 Å². The molecule has 2 rings (SSSR count). The highest BCUT2D eigenvalue weighted by molar-refractivity contribution is 6.35. The van der Waals surface area contributed by atoms with Gasteiger partial charge in [0.05, 0.1) is 16.7 Å². The maximum absolute atomic E-state index is 6.10. The molecule has 0 saturated carbocycles. The molecule has 0 aliphatic rings. The molecule has 0 aliphatic heterocycles. The van der Waals surface area contributed by atoms with E-state index in [0.29, 0.717) is 5.41 Å². The molecule has 3 nitrogen and oxygen atoms in total. The highest BCUT2D eigenvalue weighted by Gasteiger charge is 2.10. The van der Waals surface area contributed by atoms with Crippen molar-refractivity contribution in [1.82, 2.24) is 15.5 Å². The van der Waals surface area contributed by atoms with Crippen LogP contribution in [-0.4, -0.2) is 23.3 Å². The number of fused-ring (bicyclic) bond motifs is 1. The van der Waals surface area contributed by atoms with E-state index in [1.165, 1.54) is 5.56 Å². The molecule has 1 aromatic heterocycles. The summed E-state index contributed by atoms with van der Waals surface area (Å²) in [4.78, 5) is 0. The number of aromatic amines is 1. The van der Waals surface area contributed by atoms with Crippen LogP contribution in [-0.2, 0) is 6.42 Å². The monoisotopic (exact) mass is 265 g/mol. The standard InChI is InChI=1S/C14H20ClN3/c1-14(2,3)9-16-7-6-10-4-5-12(15)13-11(10)8-17-18-13/h4-5,8,16H,6-7,9H2,1-3H3,(H,17,18). The van der Waals surface area contributed by atoms with Gasteiger partial charge in [0.2, 0.25) is 0 Å². The molecule has 1 heterocycles. The molecular formula is C14H20ClN3. The number of hydrogen-bond donors (Lipinski definition) is 2. The van der Waals surface area contributed by atoms with Crippen LogP contribution in [0.3, 0.4) is 0 Å². The van der Waals surface area contributed by atoms with E-state index in [2.05, 4.69) is 42.4 Å². The lowest BCUT2D eigenvalue weighted by molar-refractivity contribution is 0.382. The minimum absolute atomic E-state index is 0.324. The molecule has 0 unspecified atom stereocenters. The maximum Gasteiger partial charge on any atom is 0.0839 e. The van der Waals surface area contributed by atoms with Crippen molar-refractivity contribution in [3.8, 4) is 0 Å². The number of nitrogens with zero attached hydrogens (tertiary/aromatic N) is 1. The lowest BCUT2D eigenvalue weighted by atomic mass is 9.97. The Bertz CT molecular complexity index is 525. The molecule has 0 aliphatic carbocycles. The second-order valence-electron chi connectivity index (χ2n) is 5.85. The van der Waals surface area contributed by atoms with Gasteiger partial charge in [-0.1, -0.05) is 38.4 Å². The average Bonchev–Trinajstić information content (AvgIpc) is 2.75. The van der Waals surface area contributed by atoms with Gasteiger partial charge in [-0.3, -0.25) is 5.10 Å². The van der Waals surface area contributed by atoms with Crippen LogP contribution in [0.1, 0.15) is 26.3 Å². The fourth-order valence-corrected chi connectivity index (χ4v) is 2.17. The summed E-state index contributed by atoms with van der Waals surface area (Å²) in [6, 6.07) is 4.01. The van der Waals surface area contributed by atoms with E-state index in [9.17, 15) is 0 Å². The van der Waals surface area contributed by atoms with Crippen molar-refractivity contribution in [2.75, 3.05) is 13.1 Å². The molecule has 0 bridgehead atoms. The minimum atomic E-state index is 0.324. The van der Waals surface area contributed by atoms with Gasteiger partial charge in [0.15, 0.2) is 0 Å². The van der Waals surface area contributed by atoms with E-state index in [1.807, 2.05) is 12.3 Å². The van der Waals surface area contributed by atoms with Crippen LogP contribution in [0.25, 0.3) is 10.9 Å². The van der Waals surface area contributed by atoms with Crippen LogP contribution >= 0.6 is 11.6 Å².